The second-order valence-electron chi connectivity index (χ2n) is 6.14. The lowest BCUT2D eigenvalue weighted by atomic mass is 10.1. The Morgan fingerprint density at radius 3 is 3.14 bits per heavy atom. The molecule has 0 saturated carbocycles. The zero-order valence-corrected chi connectivity index (χ0v) is 13.3. The first kappa shape index (κ1) is 14.0. The minimum absolute atomic E-state index is 0.303. The van der Waals surface area contributed by atoms with Gasteiger partial charge in [-0.2, -0.15) is 0 Å². The summed E-state index contributed by atoms with van der Waals surface area (Å²) in [4.78, 5) is 22.1. The van der Waals surface area contributed by atoms with Crippen LogP contribution in [0.2, 0.25) is 0 Å². The number of rotatable bonds is 4. The summed E-state index contributed by atoms with van der Waals surface area (Å²) in [6.45, 7) is 4.61. The minimum atomic E-state index is 0.303. The number of hydrogen-bond donors (Lipinski definition) is 0. The standard InChI is InChI=1S/C16H20N4OS/c21-16-4-1-5-19(16)10-14-9-18(11-15-3-2-6-22-15)8-13-7-17-12-20(13)14/h2-3,6-7,12,14H,1,4-5,8-11H2. The Bertz CT molecular complexity index is 651. The van der Waals surface area contributed by atoms with E-state index in [1.165, 1.54) is 10.6 Å². The molecule has 2 aromatic rings. The molecule has 1 unspecified atom stereocenters. The highest BCUT2D eigenvalue weighted by molar-refractivity contribution is 7.09. The Morgan fingerprint density at radius 1 is 1.41 bits per heavy atom. The fraction of sp³-hybridized carbons (Fsp3) is 0.500. The van der Waals surface area contributed by atoms with Crippen LogP contribution in [0.15, 0.2) is 30.0 Å². The molecule has 5 nitrogen and oxygen atoms in total. The molecule has 0 spiro atoms. The molecule has 4 heterocycles. The molecular weight excluding hydrogens is 296 g/mol. The van der Waals surface area contributed by atoms with Crippen molar-refractivity contribution >= 4 is 17.2 Å². The molecule has 1 fully saturated rings. The summed E-state index contributed by atoms with van der Waals surface area (Å²) in [6.07, 6.45) is 5.59. The van der Waals surface area contributed by atoms with E-state index < -0.39 is 0 Å². The van der Waals surface area contributed by atoms with Crippen LogP contribution in [0.25, 0.3) is 0 Å². The molecular formula is C16H20N4OS. The number of thiophene rings is 1. The van der Waals surface area contributed by atoms with Crippen molar-refractivity contribution in [1.29, 1.82) is 0 Å². The van der Waals surface area contributed by atoms with E-state index in [0.29, 0.717) is 18.4 Å². The molecule has 2 aliphatic heterocycles. The third kappa shape index (κ3) is 2.68. The van der Waals surface area contributed by atoms with Crippen LogP contribution in [0.1, 0.15) is 29.5 Å². The van der Waals surface area contributed by atoms with E-state index in [4.69, 9.17) is 0 Å². The predicted molar refractivity (Wildman–Crippen MR) is 85.5 cm³/mol. The topological polar surface area (TPSA) is 41.4 Å². The molecule has 0 aromatic carbocycles. The number of nitrogens with zero attached hydrogens (tertiary/aromatic N) is 4. The third-order valence-corrected chi connectivity index (χ3v) is 5.42. The molecule has 1 amide bonds. The third-order valence-electron chi connectivity index (χ3n) is 4.56. The first-order chi connectivity index (χ1) is 10.8. The lowest BCUT2D eigenvalue weighted by Crippen LogP contribution is -2.42. The van der Waals surface area contributed by atoms with E-state index >= 15 is 0 Å². The number of hydrogen-bond acceptors (Lipinski definition) is 4. The van der Waals surface area contributed by atoms with Crippen molar-refractivity contribution in [2.75, 3.05) is 19.6 Å². The highest BCUT2D eigenvalue weighted by Gasteiger charge is 2.29. The Balaban J connectivity index is 1.51. The molecule has 116 valence electrons. The number of imidazole rings is 1. The molecule has 1 atom stereocenters. The van der Waals surface area contributed by atoms with Gasteiger partial charge in [0, 0.05) is 50.2 Å². The van der Waals surface area contributed by atoms with Crippen molar-refractivity contribution < 1.29 is 4.79 Å². The minimum Gasteiger partial charge on any atom is -0.341 e. The van der Waals surface area contributed by atoms with Gasteiger partial charge in [0.2, 0.25) is 5.91 Å². The van der Waals surface area contributed by atoms with Crippen molar-refractivity contribution in [2.24, 2.45) is 0 Å². The van der Waals surface area contributed by atoms with Crippen LogP contribution in [-0.4, -0.2) is 44.9 Å². The second kappa shape index (κ2) is 5.85. The summed E-state index contributed by atoms with van der Waals surface area (Å²) in [7, 11) is 0. The van der Waals surface area contributed by atoms with Gasteiger partial charge in [0.25, 0.3) is 0 Å². The molecule has 22 heavy (non-hydrogen) atoms. The van der Waals surface area contributed by atoms with Crippen LogP contribution in [0, 0.1) is 0 Å². The van der Waals surface area contributed by atoms with E-state index in [1.807, 2.05) is 17.4 Å². The molecule has 0 radical (unpaired) electrons. The SMILES string of the molecule is O=C1CCCN1CC1CN(Cc2cccs2)Cc2cncn21. The Labute approximate surface area is 134 Å². The fourth-order valence-electron chi connectivity index (χ4n) is 3.50. The van der Waals surface area contributed by atoms with E-state index in [2.05, 4.69) is 32.0 Å². The van der Waals surface area contributed by atoms with Crippen LogP contribution in [0.5, 0.6) is 0 Å². The number of fused-ring (bicyclic) bond motifs is 1. The molecule has 2 aromatic heterocycles. The highest BCUT2D eigenvalue weighted by Crippen LogP contribution is 2.25. The summed E-state index contributed by atoms with van der Waals surface area (Å²) >= 11 is 1.81. The van der Waals surface area contributed by atoms with Gasteiger partial charge in [-0.05, 0) is 17.9 Å². The number of amides is 1. The van der Waals surface area contributed by atoms with Crippen molar-refractivity contribution in [1.82, 2.24) is 19.4 Å². The van der Waals surface area contributed by atoms with Gasteiger partial charge in [-0.15, -0.1) is 11.3 Å². The molecule has 0 bridgehead atoms. The normalized spacial score (nSPS) is 22.3. The average molecular weight is 316 g/mol. The van der Waals surface area contributed by atoms with E-state index in [9.17, 15) is 4.79 Å². The predicted octanol–water partition coefficient (Wildman–Crippen LogP) is 2.12. The van der Waals surface area contributed by atoms with Gasteiger partial charge in [0.05, 0.1) is 18.1 Å². The fourth-order valence-corrected chi connectivity index (χ4v) is 4.25. The zero-order valence-electron chi connectivity index (χ0n) is 12.5. The monoisotopic (exact) mass is 316 g/mol. The zero-order chi connectivity index (χ0) is 14.9. The molecule has 0 N–H and O–H groups in total. The van der Waals surface area contributed by atoms with Gasteiger partial charge in [0.15, 0.2) is 0 Å². The molecule has 0 aliphatic carbocycles. The largest absolute Gasteiger partial charge is 0.341 e. The van der Waals surface area contributed by atoms with Crippen molar-refractivity contribution in [3.63, 3.8) is 0 Å². The molecule has 6 heteroatoms. The summed E-state index contributed by atoms with van der Waals surface area (Å²) in [5.41, 5.74) is 1.25. The maximum atomic E-state index is 11.9. The first-order valence-electron chi connectivity index (χ1n) is 7.83. The average Bonchev–Trinajstić information content (AvgIpc) is 3.22. The maximum Gasteiger partial charge on any atom is 0.222 e. The maximum absolute atomic E-state index is 11.9. The summed E-state index contributed by atoms with van der Waals surface area (Å²) in [5.74, 6) is 0.303. The number of carbonyl (C=O) groups excluding carboxylic acids is 1. The first-order valence-corrected chi connectivity index (χ1v) is 8.71. The van der Waals surface area contributed by atoms with Crippen LogP contribution in [0.4, 0.5) is 0 Å². The van der Waals surface area contributed by atoms with Gasteiger partial charge >= 0.3 is 0 Å². The van der Waals surface area contributed by atoms with Gasteiger partial charge in [0.1, 0.15) is 0 Å². The Hall–Kier alpha value is -1.66. The summed E-state index contributed by atoms with van der Waals surface area (Å²) in [5, 5.41) is 2.13. The molecule has 2 aliphatic rings. The highest BCUT2D eigenvalue weighted by atomic mass is 32.1. The smallest absolute Gasteiger partial charge is 0.222 e. The van der Waals surface area contributed by atoms with Gasteiger partial charge in [-0.3, -0.25) is 9.69 Å². The van der Waals surface area contributed by atoms with Crippen LogP contribution < -0.4 is 0 Å². The van der Waals surface area contributed by atoms with Crippen LogP contribution in [0.3, 0.4) is 0 Å². The van der Waals surface area contributed by atoms with Crippen molar-refractivity contribution in [2.45, 2.75) is 32.0 Å². The molecule has 4 rings (SSSR count). The van der Waals surface area contributed by atoms with E-state index in [1.54, 1.807) is 11.3 Å². The number of likely N-dealkylation sites (tertiary alicyclic amines) is 1. The lowest BCUT2D eigenvalue weighted by Gasteiger charge is -2.36. The van der Waals surface area contributed by atoms with Crippen LogP contribution in [-0.2, 0) is 17.9 Å². The van der Waals surface area contributed by atoms with Crippen molar-refractivity contribution in [3.05, 3.63) is 40.6 Å². The number of carbonyl (C=O) groups is 1. The van der Waals surface area contributed by atoms with Gasteiger partial charge in [-0.1, -0.05) is 6.07 Å². The van der Waals surface area contributed by atoms with E-state index in [0.717, 1.165) is 39.1 Å². The van der Waals surface area contributed by atoms with Crippen LogP contribution >= 0.6 is 11.3 Å². The van der Waals surface area contributed by atoms with E-state index in [-0.39, 0.29) is 0 Å². The Kier molecular flexibility index (Phi) is 3.72. The Morgan fingerprint density at radius 2 is 2.36 bits per heavy atom. The summed E-state index contributed by atoms with van der Waals surface area (Å²) in [6, 6.07) is 4.61. The lowest BCUT2D eigenvalue weighted by molar-refractivity contribution is -0.128. The van der Waals surface area contributed by atoms with Gasteiger partial charge in [-0.25, -0.2) is 4.98 Å². The quantitative estimate of drug-likeness (QED) is 0.867. The van der Waals surface area contributed by atoms with Crippen molar-refractivity contribution in [3.8, 4) is 0 Å². The number of aromatic nitrogens is 2. The second-order valence-corrected chi connectivity index (χ2v) is 7.17. The molecule has 1 saturated heterocycles. The summed E-state index contributed by atoms with van der Waals surface area (Å²) < 4.78 is 2.26. The van der Waals surface area contributed by atoms with Gasteiger partial charge < -0.3 is 9.47 Å².